The third-order valence-corrected chi connectivity index (χ3v) is 3.43. The normalized spacial score (nSPS) is 18.8. The lowest BCUT2D eigenvalue weighted by atomic mass is 10.0. The zero-order chi connectivity index (χ0) is 12.5. The van der Waals surface area contributed by atoms with Crippen molar-refractivity contribution in [2.45, 2.75) is 19.4 Å². The van der Waals surface area contributed by atoms with Crippen LogP contribution in [0.3, 0.4) is 0 Å². The van der Waals surface area contributed by atoms with Crippen LogP contribution in [0.2, 0.25) is 0 Å². The monoisotopic (exact) mass is 294 g/mol. The first-order valence-corrected chi connectivity index (χ1v) is 6.38. The Morgan fingerprint density at radius 3 is 2.82 bits per heavy atom. The summed E-state index contributed by atoms with van der Waals surface area (Å²) >= 11 is 3.45. The topological polar surface area (TPSA) is 36.3 Å². The quantitative estimate of drug-likeness (QED) is 0.799. The van der Waals surface area contributed by atoms with E-state index in [9.17, 15) is 0 Å². The van der Waals surface area contributed by atoms with Gasteiger partial charge in [-0.25, -0.2) is 0 Å². The average molecular weight is 295 g/mol. The number of hydrogen-bond acceptors (Lipinski definition) is 3. The summed E-state index contributed by atoms with van der Waals surface area (Å²) in [5, 5.41) is 9.00. The van der Waals surface area contributed by atoms with Crippen LogP contribution in [-0.2, 0) is 4.74 Å². The fraction of sp³-hybridized carbons (Fsp3) is 0.462. The predicted octanol–water partition coefficient (Wildman–Crippen LogP) is 2.94. The minimum Gasteiger partial charge on any atom is -0.377 e. The van der Waals surface area contributed by atoms with E-state index in [2.05, 4.69) is 40.7 Å². The Kier molecular flexibility index (Phi) is 3.41. The first-order chi connectivity index (χ1) is 8.03. The van der Waals surface area contributed by atoms with Crippen LogP contribution < -0.4 is 4.90 Å². The Morgan fingerprint density at radius 2 is 2.18 bits per heavy atom. The third kappa shape index (κ3) is 2.62. The van der Waals surface area contributed by atoms with Gasteiger partial charge >= 0.3 is 0 Å². The highest BCUT2D eigenvalue weighted by atomic mass is 79.9. The Hall–Kier alpha value is -1.05. The molecule has 1 saturated heterocycles. The van der Waals surface area contributed by atoms with E-state index < -0.39 is 0 Å². The zero-order valence-corrected chi connectivity index (χ0v) is 11.6. The first kappa shape index (κ1) is 12.4. The minimum absolute atomic E-state index is 0.0359. The second kappa shape index (κ2) is 4.67. The van der Waals surface area contributed by atoms with Gasteiger partial charge in [-0.15, -0.1) is 0 Å². The number of halogens is 1. The highest BCUT2D eigenvalue weighted by Gasteiger charge is 2.30. The molecular weight excluding hydrogens is 280 g/mol. The molecule has 1 fully saturated rings. The summed E-state index contributed by atoms with van der Waals surface area (Å²) in [6, 6.07) is 7.99. The summed E-state index contributed by atoms with van der Waals surface area (Å²) in [7, 11) is 0. The van der Waals surface area contributed by atoms with Gasteiger partial charge in [-0.2, -0.15) is 5.26 Å². The maximum Gasteiger partial charge on any atom is 0.0992 e. The molecule has 0 atom stereocenters. The number of benzene rings is 1. The Morgan fingerprint density at radius 1 is 1.41 bits per heavy atom. The van der Waals surface area contributed by atoms with E-state index in [0.717, 1.165) is 23.3 Å². The molecule has 17 heavy (non-hydrogen) atoms. The molecule has 0 N–H and O–H groups in total. The van der Waals surface area contributed by atoms with Crippen LogP contribution in [-0.4, -0.2) is 25.3 Å². The summed E-state index contributed by atoms with van der Waals surface area (Å²) in [5.41, 5.74) is 1.71. The molecule has 4 heteroatoms. The predicted molar refractivity (Wildman–Crippen MR) is 71.1 cm³/mol. The lowest BCUT2D eigenvalue weighted by molar-refractivity contribution is 0.0644. The van der Waals surface area contributed by atoms with Gasteiger partial charge in [0.25, 0.3) is 0 Å². The van der Waals surface area contributed by atoms with E-state index in [4.69, 9.17) is 10.00 Å². The fourth-order valence-corrected chi connectivity index (χ4v) is 2.61. The SMILES string of the molecule is CC1(C)COCCN1c1cc(Br)cc(C#N)c1. The van der Waals surface area contributed by atoms with Crippen molar-refractivity contribution in [3.8, 4) is 6.07 Å². The largest absolute Gasteiger partial charge is 0.377 e. The molecule has 0 unspecified atom stereocenters. The van der Waals surface area contributed by atoms with Gasteiger partial charge in [0.15, 0.2) is 0 Å². The number of nitriles is 1. The van der Waals surface area contributed by atoms with Crippen LogP contribution >= 0.6 is 15.9 Å². The molecule has 0 saturated carbocycles. The van der Waals surface area contributed by atoms with Crippen molar-refractivity contribution in [1.29, 1.82) is 5.26 Å². The third-order valence-electron chi connectivity index (χ3n) is 2.97. The van der Waals surface area contributed by atoms with Gasteiger partial charge < -0.3 is 9.64 Å². The first-order valence-electron chi connectivity index (χ1n) is 5.59. The fourth-order valence-electron chi connectivity index (χ4n) is 2.13. The van der Waals surface area contributed by atoms with E-state index in [-0.39, 0.29) is 5.54 Å². The summed E-state index contributed by atoms with van der Waals surface area (Å²) < 4.78 is 6.44. The van der Waals surface area contributed by atoms with E-state index in [1.165, 1.54) is 0 Å². The standard InChI is InChI=1S/C13H15BrN2O/c1-13(2)9-17-4-3-16(13)12-6-10(8-15)5-11(14)7-12/h5-7H,3-4,9H2,1-2H3. The van der Waals surface area contributed by atoms with Crippen molar-refractivity contribution >= 4 is 21.6 Å². The van der Waals surface area contributed by atoms with Crippen molar-refractivity contribution < 1.29 is 4.74 Å². The maximum absolute atomic E-state index is 9.00. The number of morpholine rings is 1. The van der Waals surface area contributed by atoms with Crippen LogP contribution in [0, 0.1) is 11.3 Å². The van der Waals surface area contributed by atoms with Crippen molar-refractivity contribution in [1.82, 2.24) is 0 Å². The lowest BCUT2D eigenvalue weighted by Gasteiger charge is -2.44. The van der Waals surface area contributed by atoms with Crippen LogP contribution in [0.5, 0.6) is 0 Å². The number of ether oxygens (including phenoxy) is 1. The molecule has 1 aliphatic heterocycles. The molecule has 0 spiro atoms. The Bertz CT molecular complexity index is 465. The van der Waals surface area contributed by atoms with Gasteiger partial charge in [0.1, 0.15) is 0 Å². The maximum atomic E-state index is 9.00. The zero-order valence-electron chi connectivity index (χ0n) is 10.0. The van der Waals surface area contributed by atoms with E-state index in [1.54, 1.807) is 0 Å². The Balaban J connectivity index is 2.39. The number of anilines is 1. The van der Waals surface area contributed by atoms with Crippen molar-refractivity contribution in [3.63, 3.8) is 0 Å². The smallest absolute Gasteiger partial charge is 0.0992 e. The van der Waals surface area contributed by atoms with Gasteiger partial charge in [-0.1, -0.05) is 15.9 Å². The Labute approximate surface area is 110 Å². The van der Waals surface area contributed by atoms with Gasteiger partial charge in [-0.3, -0.25) is 0 Å². The second-order valence-corrected chi connectivity index (χ2v) is 5.74. The van der Waals surface area contributed by atoms with Crippen molar-refractivity contribution in [3.05, 3.63) is 28.2 Å². The molecule has 1 aromatic rings. The van der Waals surface area contributed by atoms with E-state index in [1.807, 2.05) is 18.2 Å². The van der Waals surface area contributed by atoms with Gasteiger partial charge in [0.05, 0.1) is 30.4 Å². The van der Waals surface area contributed by atoms with Crippen LogP contribution in [0.4, 0.5) is 5.69 Å². The molecule has 90 valence electrons. The second-order valence-electron chi connectivity index (χ2n) is 4.83. The molecule has 1 aliphatic rings. The molecular formula is C13H15BrN2O. The van der Waals surface area contributed by atoms with Crippen LogP contribution in [0.1, 0.15) is 19.4 Å². The molecule has 0 aliphatic carbocycles. The van der Waals surface area contributed by atoms with Crippen LogP contribution in [0.15, 0.2) is 22.7 Å². The summed E-state index contributed by atoms with van der Waals surface area (Å²) in [6.07, 6.45) is 0. The molecule has 0 bridgehead atoms. The van der Waals surface area contributed by atoms with Crippen molar-refractivity contribution in [2.75, 3.05) is 24.7 Å². The van der Waals surface area contributed by atoms with E-state index >= 15 is 0 Å². The highest BCUT2D eigenvalue weighted by Crippen LogP contribution is 2.30. The molecule has 0 amide bonds. The van der Waals surface area contributed by atoms with Crippen molar-refractivity contribution in [2.24, 2.45) is 0 Å². The van der Waals surface area contributed by atoms with Crippen LogP contribution in [0.25, 0.3) is 0 Å². The molecule has 0 aromatic heterocycles. The van der Waals surface area contributed by atoms with Gasteiger partial charge in [0, 0.05) is 16.7 Å². The van der Waals surface area contributed by atoms with Gasteiger partial charge in [-0.05, 0) is 32.0 Å². The molecule has 0 radical (unpaired) electrons. The molecule has 1 heterocycles. The number of rotatable bonds is 1. The number of hydrogen-bond donors (Lipinski definition) is 0. The number of nitrogens with zero attached hydrogens (tertiary/aromatic N) is 2. The molecule has 3 nitrogen and oxygen atoms in total. The highest BCUT2D eigenvalue weighted by molar-refractivity contribution is 9.10. The lowest BCUT2D eigenvalue weighted by Crippen LogP contribution is -2.53. The summed E-state index contributed by atoms with van der Waals surface area (Å²) in [4.78, 5) is 2.29. The average Bonchev–Trinajstić information content (AvgIpc) is 2.27. The summed E-state index contributed by atoms with van der Waals surface area (Å²) in [5.74, 6) is 0. The van der Waals surface area contributed by atoms with E-state index in [0.29, 0.717) is 12.2 Å². The molecule has 1 aromatic carbocycles. The van der Waals surface area contributed by atoms with Gasteiger partial charge in [0.2, 0.25) is 0 Å². The minimum atomic E-state index is -0.0359. The molecule has 2 rings (SSSR count). The summed E-state index contributed by atoms with van der Waals surface area (Å²) in [6.45, 7) is 6.60.